The van der Waals surface area contributed by atoms with Gasteiger partial charge in [0.05, 0.1) is 5.75 Å². The number of rotatable bonds is 3. The van der Waals surface area contributed by atoms with Crippen molar-refractivity contribution < 1.29 is 25.9 Å². The van der Waals surface area contributed by atoms with Crippen molar-refractivity contribution in [3.8, 4) is 0 Å². The van der Waals surface area contributed by atoms with Crippen LogP contribution in [-0.4, -0.2) is 24.6 Å². The first kappa shape index (κ1) is 9.50. The third-order valence-corrected chi connectivity index (χ3v) is 2.02. The molecule has 0 spiro atoms. The van der Waals surface area contributed by atoms with E-state index in [2.05, 4.69) is 9.47 Å². The second-order valence-corrected chi connectivity index (χ2v) is 3.71. The lowest BCUT2D eigenvalue weighted by Crippen LogP contribution is -2.11. The van der Waals surface area contributed by atoms with Crippen molar-refractivity contribution in [3.05, 3.63) is 0 Å². The molecule has 12 heavy (non-hydrogen) atoms. The van der Waals surface area contributed by atoms with Crippen LogP contribution in [0.5, 0.6) is 0 Å². The molecule has 0 aromatic heterocycles. The zero-order chi connectivity index (χ0) is 9.19. The Kier molecular flexibility index (Phi) is 2.71. The van der Waals surface area contributed by atoms with E-state index in [1.54, 1.807) is 0 Å². The third kappa shape index (κ3) is 3.21. The van der Waals surface area contributed by atoms with Crippen LogP contribution in [0.3, 0.4) is 0 Å². The lowest BCUT2D eigenvalue weighted by atomic mass is 10.3. The van der Waals surface area contributed by atoms with Crippen LogP contribution in [0, 0.1) is 0 Å². The summed E-state index contributed by atoms with van der Waals surface area (Å²) >= 11 is -4.98. The first-order chi connectivity index (χ1) is 5.47. The van der Waals surface area contributed by atoms with Crippen molar-refractivity contribution in [2.45, 2.75) is 12.5 Å². The molecule has 0 bridgehead atoms. The quantitative estimate of drug-likeness (QED) is 0.662. The van der Waals surface area contributed by atoms with Gasteiger partial charge in [-0.1, -0.05) is 0 Å². The fraction of sp³-hybridized carbons (Fsp3) is 0.800. The average molecular weight is 204 g/mol. The van der Waals surface area contributed by atoms with E-state index in [1.807, 2.05) is 0 Å². The highest BCUT2D eigenvalue weighted by molar-refractivity contribution is 8.20. The highest BCUT2D eigenvalue weighted by Crippen LogP contribution is 2.53. The minimum atomic E-state index is -4.98. The molecule has 0 radical (unpaired) electrons. The van der Waals surface area contributed by atoms with Crippen molar-refractivity contribution in [3.63, 3.8) is 0 Å². The Morgan fingerprint density at radius 2 is 2.17 bits per heavy atom. The Labute approximate surface area is 69.0 Å². The highest BCUT2D eigenvalue weighted by atomic mass is 32.3. The monoisotopic (exact) mass is 204 g/mol. The number of cyclic esters (lactones) is 2. The predicted molar refractivity (Wildman–Crippen MR) is 36.6 cm³/mol. The van der Waals surface area contributed by atoms with Crippen molar-refractivity contribution in [2.24, 2.45) is 0 Å². The summed E-state index contributed by atoms with van der Waals surface area (Å²) in [6.07, 6.45) is -1.78. The fourth-order valence-electron chi connectivity index (χ4n) is 0.772. The first-order valence-electron chi connectivity index (χ1n) is 3.20. The van der Waals surface area contributed by atoms with E-state index in [0.29, 0.717) is 0 Å². The summed E-state index contributed by atoms with van der Waals surface area (Å²) in [4.78, 5) is 10.3. The van der Waals surface area contributed by atoms with Crippen LogP contribution in [-0.2, 0) is 9.47 Å². The third-order valence-electron chi connectivity index (χ3n) is 1.32. The van der Waals surface area contributed by atoms with Gasteiger partial charge in [-0.3, -0.25) is 0 Å². The number of ether oxygens (including phenoxy) is 2. The second kappa shape index (κ2) is 3.42. The fourth-order valence-corrected chi connectivity index (χ4v) is 1.30. The van der Waals surface area contributed by atoms with Gasteiger partial charge in [0, 0.05) is 6.42 Å². The van der Waals surface area contributed by atoms with Gasteiger partial charge in [0.1, 0.15) is 12.7 Å². The van der Waals surface area contributed by atoms with E-state index in [9.17, 15) is 16.5 Å². The maximum atomic E-state index is 11.7. The Balaban J connectivity index is 2.20. The summed E-state index contributed by atoms with van der Waals surface area (Å²) in [5.74, 6) is -0.867. The molecule has 0 N–H and O–H groups in total. The molecular formula is C5H7F3O3S. The predicted octanol–water partition coefficient (Wildman–Crippen LogP) is 2.37. The van der Waals surface area contributed by atoms with E-state index in [0.717, 1.165) is 0 Å². The summed E-state index contributed by atoms with van der Waals surface area (Å²) < 4.78 is 43.8. The molecule has 1 heterocycles. The minimum Gasteiger partial charge on any atom is -0.430 e. The zero-order valence-corrected chi connectivity index (χ0v) is 6.78. The first-order valence-corrected chi connectivity index (χ1v) is 4.71. The van der Waals surface area contributed by atoms with E-state index in [4.69, 9.17) is 0 Å². The molecule has 1 unspecified atom stereocenters. The van der Waals surface area contributed by atoms with Gasteiger partial charge in [0.25, 0.3) is 0 Å². The van der Waals surface area contributed by atoms with Gasteiger partial charge in [0.2, 0.25) is 11.2 Å². The number of carbonyl (C=O) groups is 1. The van der Waals surface area contributed by atoms with Gasteiger partial charge in [0.15, 0.2) is 0 Å². The molecule has 1 rings (SSSR count). The van der Waals surface area contributed by atoms with Gasteiger partial charge in [-0.15, -0.1) is 11.7 Å². The number of hydrogen-bond acceptors (Lipinski definition) is 3. The number of carbonyl (C=O) groups excluding carboxylic acids is 1. The molecule has 0 aliphatic carbocycles. The second-order valence-electron chi connectivity index (χ2n) is 2.30. The van der Waals surface area contributed by atoms with Crippen LogP contribution < -0.4 is 0 Å². The molecule has 72 valence electrons. The molecule has 7 heteroatoms. The largest absolute Gasteiger partial charge is 0.508 e. The summed E-state index contributed by atoms with van der Waals surface area (Å²) in [6, 6.07) is 0. The normalized spacial score (nSPS) is 24.9. The van der Waals surface area contributed by atoms with Gasteiger partial charge in [-0.2, -0.15) is 0 Å². The van der Waals surface area contributed by atoms with E-state index in [-0.39, 0.29) is 13.0 Å². The molecule has 1 fully saturated rings. The van der Waals surface area contributed by atoms with Crippen LogP contribution in [0.15, 0.2) is 0 Å². The SMILES string of the molecule is O=C1OCC(CCS(F)(F)F)O1. The van der Waals surface area contributed by atoms with Crippen molar-refractivity contribution in [1.29, 1.82) is 0 Å². The van der Waals surface area contributed by atoms with Gasteiger partial charge in [-0.05, 0) is 0 Å². The number of halogens is 3. The zero-order valence-electron chi connectivity index (χ0n) is 5.97. The van der Waals surface area contributed by atoms with Gasteiger partial charge in [-0.25, -0.2) is 4.79 Å². The van der Waals surface area contributed by atoms with Crippen LogP contribution in [0.25, 0.3) is 0 Å². The summed E-state index contributed by atoms with van der Waals surface area (Å²) in [7, 11) is 0. The smallest absolute Gasteiger partial charge is 0.430 e. The summed E-state index contributed by atoms with van der Waals surface area (Å²) in [6.45, 7) is -0.0612. The molecule has 1 aliphatic heterocycles. The number of hydrogen-bond donors (Lipinski definition) is 0. The molecule has 1 aliphatic rings. The molecule has 0 saturated carbocycles. The maximum absolute atomic E-state index is 11.7. The topological polar surface area (TPSA) is 35.5 Å². The lowest BCUT2D eigenvalue weighted by molar-refractivity contribution is 0.117. The molecule has 1 saturated heterocycles. The maximum Gasteiger partial charge on any atom is 0.508 e. The Hall–Kier alpha value is -0.590. The summed E-state index contributed by atoms with van der Waals surface area (Å²) in [5.41, 5.74) is 0. The lowest BCUT2D eigenvalue weighted by Gasteiger charge is -2.10. The van der Waals surface area contributed by atoms with Crippen LogP contribution in [0.4, 0.5) is 16.5 Å². The van der Waals surface area contributed by atoms with E-state index < -0.39 is 29.2 Å². The molecule has 0 aromatic carbocycles. The molecular weight excluding hydrogens is 197 g/mol. The average Bonchev–Trinajstić information content (AvgIpc) is 2.30. The van der Waals surface area contributed by atoms with Crippen LogP contribution in [0.2, 0.25) is 0 Å². The van der Waals surface area contributed by atoms with Crippen LogP contribution in [0.1, 0.15) is 6.42 Å². The minimum absolute atomic E-state index is 0.0612. The van der Waals surface area contributed by atoms with E-state index >= 15 is 0 Å². The summed E-state index contributed by atoms with van der Waals surface area (Å²) in [5, 5.41) is 0. The van der Waals surface area contributed by atoms with Crippen molar-refractivity contribution >= 4 is 17.3 Å². The van der Waals surface area contributed by atoms with Gasteiger partial charge < -0.3 is 9.47 Å². The Morgan fingerprint density at radius 1 is 1.50 bits per heavy atom. The molecule has 1 atom stereocenters. The van der Waals surface area contributed by atoms with Crippen molar-refractivity contribution in [2.75, 3.05) is 12.4 Å². The van der Waals surface area contributed by atoms with Crippen molar-refractivity contribution in [1.82, 2.24) is 0 Å². The van der Waals surface area contributed by atoms with Gasteiger partial charge >= 0.3 is 6.16 Å². The standard InChI is InChI=1S/C5H7F3O3S/c6-12(7,8)2-1-4-3-10-5(9)11-4/h4H,1-3H2. The molecule has 3 nitrogen and oxygen atoms in total. The Morgan fingerprint density at radius 3 is 2.58 bits per heavy atom. The van der Waals surface area contributed by atoms with E-state index in [1.165, 1.54) is 0 Å². The molecule has 0 amide bonds. The highest BCUT2D eigenvalue weighted by Gasteiger charge is 2.29. The van der Waals surface area contributed by atoms with Crippen LogP contribution >= 0.6 is 11.2 Å². The molecule has 0 aromatic rings. The Bertz CT molecular complexity index is 181.